The van der Waals surface area contributed by atoms with E-state index in [9.17, 15) is 9.59 Å². The third kappa shape index (κ3) is 4.32. The third-order valence-corrected chi connectivity index (χ3v) is 5.62. The molecule has 31 heavy (non-hydrogen) atoms. The Morgan fingerprint density at radius 3 is 2.52 bits per heavy atom. The topological polar surface area (TPSA) is 91.3 Å². The van der Waals surface area contributed by atoms with E-state index in [2.05, 4.69) is 14.9 Å². The molecule has 3 heterocycles. The first-order chi connectivity index (χ1) is 15.1. The Balaban J connectivity index is 1.36. The smallest absolute Gasteiger partial charge is 0.325 e. The molecule has 0 atom stereocenters. The van der Waals surface area contributed by atoms with Crippen molar-refractivity contribution in [2.24, 2.45) is 0 Å². The van der Waals surface area contributed by atoms with E-state index in [-0.39, 0.29) is 18.5 Å². The molecule has 10 nitrogen and oxygen atoms in total. The molecule has 164 valence electrons. The number of rotatable bonds is 6. The number of hydrogen-bond acceptors (Lipinski definition) is 7. The van der Waals surface area contributed by atoms with Crippen LogP contribution in [-0.2, 0) is 4.79 Å². The number of ether oxygens (including phenoxy) is 2. The fourth-order valence-corrected chi connectivity index (χ4v) is 3.88. The van der Waals surface area contributed by atoms with Crippen LogP contribution in [0.25, 0.3) is 0 Å². The number of carbonyl (C=O) groups excluding carboxylic acids is 2. The molecule has 3 amide bonds. The van der Waals surface area contributed by atoms with Gasteiger partial charge in [-0.2, -0.15) is 0 Å². The minimum atomic E-state index is -0.209. The van der Waals surface area contributed by atoms with E-state index in [1.165, 1.54) is 6.33 Å². The zero-order chi connectivity index (χ0) is 21.8. The summed E-state index contributed by atoms with van der Waals surface area (Å²) in [6, 6.07) is 6.98. The van der Waals surface area contributed by atoms with Crippen molar-refractivity contribution in [3.63, 3.8) is 0 Å². The van der Waals surface area contributed by atoms with Crippen molar-refractivity contribution in [2.45, 2.75) is 0 Å². The Bertz CT molecular complexity index is 933. The Morgan fingerprint density at radius 1 is 1.03 bits per heavy atom. The van der Waals surface area contributed by atoms with E-state index in [1.807, 2.05) is 6.07 Å². The number of carbonyl (C=O) groups is 2. The zero-order valence-electron chi connectivity index (χ0n) is 17.7. The Morgan fingerprint density at radius 2 is 1.84 bits per heavy atom. The molecule has 2 aromatic rings. The van der Waals surface area contributed by atoms with Gasteiger partial charge in [-0.25, -0.2) is 14.8 Å². The van der Waals surface area contributed by atoms with E-state index in [0.29, 0.717) is 56.5 Å². The van der Waals surface area contributed by atoms with E-state index in [4.69, 9.17) is 9.47 Å². The average Bonchev–Trinajstić information content (AvgIpc) is 3.19. The summed E-state index contributed by atoms with van der Waals surface area (Å²) in [5.41, 5.74) is 0.639. The van der Waals surface area contributed by atoms with E-state index in [0.717, 1.165) is 5.82 Å². The van der Waals surface area contributed by atoms with Crippen LogP contribution in [0.2, 0.25) is 0 Å². The predicted octanol–water partition coefficient (Wildman–Crippen LogP) is 1.08. The number of hydrogen-bond donors (Lipinski definition) is 0. The molecule has 0 unspecified atom stereocenters. The van der Waals surface area contributed by atoms with Gasteiger partial charge in [-0.3, -0.25) is 9.69 Å². The van der Waals surface area contributed by atoms with Gasteiger partial charge >= 0.3 is 6.03 Å². The van der Waals surface area contributed by atoms with Gasteiger partial charge in [0.25, 0.3) is 0 Å². The highest BCUT2D eigenvalue weighted by Gasteiger charge is 2.34. The summed E-state index contributed by atoms with van der Waals surface area (Å²) >= 11 is 0. The molecule has 2 fully saturated rings. The van der Waals surface area contributed by atoms with Crippen LogP contribution in [0.3, 0.4) is 0 Å². The molecule has 10 heteroatoms. The molecule has 0 bridgehead atoms. The Hall–Kier alpha value is -3.56. The van der Waals surface area contributed by atoms with Crippen LogP contribution in [0, 0.1) is 0 Å². The Kier molecular flexibility index (Phi) is 6.06. The lowest BCUT2D eigenvalue weighted by Gasteiger charge is -2.36. The molecule has 0 saturated carbocycles. The van der Waals surface area contributed by atoms with Crippen LogP contribution in [0.15, 0.2) is 36.8 Å². The molecular weight excluding hydrogens is 400 g/mol. The maximum atomic E-state index is 13.0. The molecule has 2 saturated heterocycles. The first-order valence-electron chi connectivity index (χ1n) is 10.2. The van der Waals surface area contributed by atoms with Gasteiger partial charge in [0.1, 0.15) is 30.2 Å². The van der Waals surface area contributed by atoms with Crippen LogP contribution >= 0.6 is 0 Å². The molecule has 1 aromatic carbocycles. The lowest BCUT2D eigenvalue weighted by molar-refractivity contribution is -0.131. The van der Waals surface area contributed by atoms with Gasteiger partial charge in [0, 0.05) is 51.5 Å². The largest absolute Gasteiger partial charge is 0.497 e. The number of urea groups is 1. The molecule has 2 aliphatic rings. The van der Waals surface area contributed by atoms with Crippen LogP contribution < -0.4 is 19.3 Å². The van der Waals surface area contributed by atoms with Crippen molar-refractivity contribution in [1.82, 2.24) is 19.8 Å². The number of aromatic nitrogens is 2. The van der Waals surface area contributed by atoms with E-state index >= 15 is 0 Å². The van der Waals surface area contributed by atoms with Crippen molar-refractivity contribution in [3.05, 3.63) is 36.8 Å². The molecule has 0 spiro atoms. The predicted molar refractivity (Wildman–Crippen MR) is 115 cm³/mol. The lowest BCUT2D eigenvalue weighted by Crippen LogP contribution is -2.51. The van der Waals surface area contributed by atoms with E-state index in [1.54, 1.807) is 53.3 Å². The van der Waals surface area contributed by atoms with Crippen molar-refractivity contribution >= 4 is 23.4 Å². The van der Waals surface area contributed by atoms with Gasteiger partial charge in [0.15, 0.2) is 0 Å². The SMILES string of the molecule is COc1ccc(OC)c(N2CCN(CC(=O)N3CCN(c4ccncn4)CC3)C2=O)c1. The summed E-state index contributed by atoms with van der Waals surface area (Å²) in [5, 5.41) is 0. The second-order valence-corrected chi connectivity index (χ2v) is 7.33. The number of anilines is 2. The Labute approximate surface area is 181 Å². The van der Waals surface area contributed by atoms with Gasteiger partial charge < -0.3 is 24.2 Å². The van der Waals surface area contributed by atoms with Crippen molar-refractivity contribution < 1.29 is 19.1 Å². The highest BCUT2D eigenvalue weighted by atomic mass is 16.5. The number of piperazine rings is 1. The third-order valence-electron chi connectivity index (χ3n) is 5.62. The molecule has 1 aromatic heterocycles. The second kappa shape index (κ2) is 9.07. The molecule has 0 aliphatic carbocycles. The zero-order valence-corrected chi connectivity index (χ0v) is 17.7. The monoisotopic (exact) mass is 426 g/mol. The molecular formula is C21H26N6O4. The molecule has 4 rings (SSSR count). The van der Waals surface area contributed by atoms with Crippen LogP contribution in [-0.4, -0.2) is 91.7 Å². The average molecular weight is 426 g/mol. The number of methoxy groups -OCH3 is 2. The van der Waals surface area contributed by atoms with Crippen molar-refractivity contribution in [1.29, 1.82) is 0 Å². The summed E-state index contributed by atoms with van der Waals surface area (Å²) in [6.07, 6.45) is 3.23. The van der Waals surface area contributed by atoms with Gasteiger partial charge in [-0.1, -0.05) is 0 Å². The van der Waals surface area contributed by atoms with Crippen molar-refractivity contribution in [3.8, 4) is 11.5 Å². The van der Waals surface area contributed by atoms with Crippen LogP contribution in [0.4, 0.5) is 16.3 Å². The van der Waals surface area contributed by atoms with Crippen LogP contribution in [0.5, 0.6) is 11.5 Å². The van der Waals surface area contributed by atoms with Crippen molar-refractivity contribution in [2.75, 3.05) is 69.8 Å². The summed E-state index contributed by atoms with van der Waals surface area (Å²) in [6.45, 7) is 3.61. The second-order valence-electron chi connectivity index (χ2n) is 7.33. The van der Waals surface area contributed by atoms with Gasteiger partial charge in [0.05, 0.1) is 19.9 Å². The fraction of sp³-hybridized carbons (Fsp3) is 0.429. The summed E-state index contributed by atoms with van der Waals surface area (Å²) < 4.78 is 10.7. The number of amides is 3. The number of nitrogens with zero attached hydrogens (tertiary/aromatic N) is 6. The highest BCUT2D eigenvalue weighted by Crippen LogP contribution is 2.34. The standard InChI is InChI=1S/C21H26N6O4/c1-30-16-3-4-18(31-2)17(13-16)27-12-11-26(21(27)29)14-20(28)25-9-7-24(8-10-25)19-5-6-22-15-23-19/h3-6,13,15H,7-12,14H2,1-2H3. The molecule has 2 aliphatic heterocycles. The molecule has 0 radical (unpaired) electrons. The first kappa shape index (κ1) is 20.7. The highest BCUT2D eigenvalue weighted by molar-refractivity contribution is 5.98. The maximum Gasteiger partial charge on any atom is 0.325 e. The van der Waals surface area contributed by atoms with Gasteiger partial charge in [-0.05, 0) is 18.2 Å². The summed E-state index contributed by atoms with van der Waals surface area (Å²) in [5.74, 6) is 2.04. The maximum absolute atomic E-state index is 13.0. The first-order valence-corrected chi connectivity index (χ1v) is 10.2. The fourth-order valence-electron chi connectivity index (χ4n) is 3.88. The summed E-state index contributed by atoms with van der Waals surface area (Å²) in [4.78, 5) is 41.2. The number of benzene rings is 1. The summed E-state index contributed by atoms with van der Waals surface area (Å²) in [7, 11) is 3.14. The van der Waals surface area contributed by atoms with Crippen LogP contribution in [0.1, 0.15) is 0 Å². The normalized spacial score (nSPS) is 16.6. The van der Waals surface area contributed by atoms with Gasteiger partial charge in [-0.15, -0.1) is 0 Å². The van der Waals surface area contributed by atoms with Gasteiger partial charge in [0.2, 0.25) is 5.91 Å². The quantitative estimate of drug-likeness (QED) is 0.683. The molecule has 0 N–H and O–H groups in total. The lowest BCUT2D eigenvalue weighted by atomic mass is 10.2. The van der Waals surface area contributed by atoms with E-state index < -0.39 is 0 Å². The minimum Gasteiger partial charge on any atom is -0.497 e. The minimum absolute atomic E-state index is 0.0462.